The van der Waals surface area contributed by atoms with Gasteiger partial charge in [0.1, 0.15) is 11.6 Å². The van der Waals surface area contributed by atoms with Gasteiger partial charge in [0.15, 0.2) is 5.96 Å². The van der Waals surface area contributed by atoms with Crippen molar-refractivity contribution in [2.75, 3.05) is 24.6 Å². The summed E-state index contributed by atoms with van der Waals surface area (Å²) in [7, 11) is 0. The van der Waals surface area contributed by atoms with Gasteiger partial charge in [0, 0.05) is 25.6 Å². The standard InChI is InChI=1S/C16H28N6S.HI/c1-3-17-16(18-10-13-6-8-23-9-7-13)20-14-4-5-15-19-12(2)21-22(15)11-14;/h13-14H,3-11H2,1-2H3,(H2,17,18,20);1H. The maximum absolute atomic E-state index is 4.83. The first kappa shape index (κ1) is 19.8. The number of aryl methyl sites for hydroxylation is 2. The van der Waals surface area contributed by atoms with E-state index in [9.17, 15) is 0 Å². The molecule has 0 amide bonds. The minimum atomic E-state index is 0. The third-order valence-corrected chi connectivity index (χ3v) is 5.55. The average Bonchev–Trinajstić information content (AvgIpc) is 2.93. The number of thioether (sulfide) groups is 1. The molecule has 136 valence electrons. The number of guanidine groups is 1. The molecular weight excluding hydrogens is 435 g/mol. The van der Waals surface area contributed by atoms with Crippen LogP contribution in [-0.4, -0.2) is 51.4 Å². The number of hydrogen-bond donors (Lipinski definition) is 2. The van der Waals surface area contributed by atoms with Crippen LogP contribution in [0.2, 0.25) is 0 Å². The number of nitrogens with one attached hydrogen (secondary N) is 2. The molecule has 1 saturated heterocycles. The molecule has 3 heterocycles. The van der Waals surface area contributed by atoms with Crippen molar-refractivity contribution in [1.29, 1.82) is 0 Å². The molecule has 3 rings (SSSR count). The van der Waals surface area contributed by atoms with E-state index in [-0.39, 0.29) is 24.0 Å². The normalized spacial score (nSPS) is 21.8. The first-order chi connectivity index (χ1) is 11.2. The predicted octanol–water partition coefficient (Wildman–Crippen LogP) is 2.22. The summed E-state index contributed by atoms with van der Waals surface area (Å²) in [5.41, 5.74) is 0. The Hall–Kier alpha value is -0.510. The first-order valence-corrected chi connectivity index (χ1v) is 9.93. The molecule has 8 heteroatoms. The van der Waals surface area contributed by atoms with Crippen molar-refractivity contribution in [1.82, 2.24) is 25.4 Å². The van der Waals surface area contributed by atoms with E-state index in [4.69, 9.17) is 4.99 Å². The summed E-state index contributed by atoms with van der Waals surface area (Å²) in [5, 5.41) is 11.5. The van der Waals surface area contributed by atoms with Crippen molar-refractivity contribution in [3.05, 3.63) is 11.6 Å². The highest BCUT2D eigenvalue weighted by Crippen LogP contribution is 2.22. The smallest absolute Gasteiger partial charge is 0.191 e. The van der Waals surface area contributed by atoms with Crippen molar-refractivity contribution in [3.8, 4) is 0 Å². The highest BCUT2D eigenvalue weighted by atomic mass is 127. The van der Waals surface area contributed by atoms with E-state index in [1.165, 1.54) is 24.3 Å². The first-order valence-electron chi connectivity index (χ1n) is 8.77. The van der Waals surface area contributed by atoms with Gasteiger partial charge >= 0.3 is 0 Å². The molecule has 0 saturated carbocycles. The number of halogens is 1. The van der Waals surface area contributed by atoms with Gasteiger partial charge in [0.05, 0.1) is 6.54 Å². The van der Waals surface area contributed by atoms with E-state index in [1.807, 2.05) is 11.6 Å². The Bertz CT molecular complexity index is 541. The maximum Gasteiger partial charge on any atom is 0.191 e. The number of hydrogen-bond acceptors (Lipinski definition) is 4. The van der Waals surface area contributed by atoms with E-state index < -0.39 is 0 Å². The Morgan fingerprint density at radius 2 is 2.12 bits per heavy atom. The summed E-state index contributed by atoms with van der Waals surface area (Å²) in [6.07, 6.45) is 4.68. The lowest BCUT2D eigenvalue weighted by molar-refractivity contribution is 0.391. The summed E-state index contributed by atoms with van der Waals surface area (Å²) < 4.78 is 2.04. The van der Waals surface area contributed by atoms with Gasteiger partial charge in [-0.25, -0.2) is 9.67 Å². The van der Waals surface area contributed by atoms with Crippen LogP contribution >= 0.6 is 35.7 Å². The van der Waals surface area contributed by atoms with E-state index in [0.29, 0.717) is 6.04 Å². The van der Waals surface area contributed by atoms with Crippen molar-refractivity contribution >= 4 is 41.7 Å². The van der Waals surface area contributed by atoms with Crippen molar-refractivity contribution in [3.63, 3.8) is 0 Å². The number of aromatic nitrogens is 3. The second kappa shape index (κ2) is 9.84. The van der Waals surface area contributed by atoms with Gasteiger partial charge in [0.25, 0.3) is 0 Å². The molecule has 1 fully saturated rings. The quantitative estimate of drug-likeness (QED) is 0.407. The molecule has 1 aromatic rings. The van der Waals surface area contributed by atoms with Crippen LogP contribution in [0.3, 0.4) is 0 Å². The van der Waals surface area contributed by atoms with E-state index >= 15 is 0 Å². The van der Waals surface area contributed by atoms with Gasteiger partial charge in [-0.15, -0.1) is 24.0 Å². The Labute approximate surface area is 166 Å². The molecule has 0 radical (unpaired) electrons. The summed E-state index contributed by atoms with van der Waals surface area (Å²) in [5.74, 6) is 6.28. The fourth-order valence-electron chi connectivity index (χ4n) is 3.21. The molecule has 1 unspecified atom stereocenters. The average molecular weight is 464 g/mol. The van der Waals surface area contributed by atoms with Crippen LogP contribution in [-0.2, 0) is 13.0 Å². The molecule has 6 nitrogen and oxygen atoms in total. The van der Waals surface area contributed by atoms with Gasteiger partial charge in [-0.1, -0.05) is 0 Å². The molecule has 0 bridgehead atoms. The molecule has 2 aliphatic rings. The number of nitrogens with zero attached hydrogens (tertiary/aromatic N) is 4. The molecule has 2 aliphatic heterocycles. The lowest BCUT2D eigenvalue weighted by Gasteiger charge is -2.26. The van der Waals surface area contributed by atoms with Crippen LogP contribution in [0.5, 0.6) is 0 Å². The van der Waals surface area contributed by atoms with Gasteiger partial charge in [0.2, 0.25) is 0 Å². The summed E-state index contributed by atoms with van der Waals surface area (Å²) in [6, 6.07) is 0.378. The monoisotopic (exact) mass is 464 g/mol. The highest BCUT2D eigenvalue weighted by molar-refractivity contribution is 14.0. The second-order valence-electron chi connectivity index (χ2n) is 6.41. The Morgan fingerprint density at radius 1 is 1.33 bits per heavy atom. The van der Waals surface area contributed by atoms with Crippen LogP contribution in [0.4, 0.5) is 0 Å². The fourth-order valence-corrected chi connectivity index (χ4v) is 4.42. The zero-order chi connectivity index (χ0) is 16.1. The minimum absolute atomic E-state index is 0. The topological polar surface area (TPSA) is 67.1 Å². The van der Waals surface area contributed by atoms with Gasteiger partial charge in [-0.3, -0.25) is 4.99 Å². The SMILES string of the molecule is CCNC(=NCC1CCSCC1)NC1CCc2nc(C)nn2C1.I. The predicted molar refractivity (Wildman–Crippen MR) is 111 cm³/mol. The van der Waals surface area contributed by atoms with Crippen LogP contribution < -0.4 is 10.6 Å². The van der Waals surface area contributed by atoms with Crippen LogP contribution in [0.15, 0.2) is 4.99 Å². The molecule has 1 aromatic heterocycles. The van der Waals surface area contributed by atoms with E-state index in [2.05, 4.69) is 39.4 Å². The Kier molecular flexibility index (Phi) is 8.12. The Balaban J connectivity index is 0.00000208. The second-order valence-corrected chi connectivity index (χ2v) is 7.64. The van der Waals surface area contributed by atoms with E-state index in [1.54, 1.807) is 0 Å². The van der Waals surface area contributed by atoms with Crippen LogP contribution in [0.1, 0.15) is 37.8 Å². The summed E-state index contributed by atoms with van der Waals surface area (Å²) in [6.45, 7) is 6.79. The zero-order valence-electron chi connectivity index (χ0n) is 14.6. The van der Waals surface area contributed by atoms with Gasteiger partial charge in [-0.2, -0.15) is 16.9 Å². The number of aliphatic imine (C=N–C) groups is 1. The fraction of sp³-hybridized carbons (Fsp3) is 0.812. The molecular formula is C16H29IN6S. The lowest BCUT2D eigenvalue weighted by atomic mass is 10.0. The molecule has 0 aliphatic carbocycles. The molecule has 1 atom stereocenters. The summed E-state index contributed by atoms with van der Waals surface area (Å²) >= 11 is 2.07. The third-order valence-electron chi connectivity index (χ3n) is 4.50. The lowest BCUT2D eigenvalue weighted by Crippen LogP contribution is -2.47. The third kappa shape index (κ3) is 5.50. The highest BCUT2D eigenvalue weighted by Gasteiger charge is 2.22. The van der Waals surface area contributed by atoms with Crippen LogP contribution in [0, 0.1) is 12.8 Å². The maximum atomic E-state index is 4.83. The summed E-state index contributed by atoms with van der Waals surface area (Å²) in [4.78, 5) is 9.31. The van der Waals surface area contributed by atoms with Crippen molar-refractivity contribution in [2.24, 2.45) is 10.9 Å². The molecule has 0 spiro atoms. The van der Waals surface area contributed by atoms with E-state index in [0.717, 1.165) is 56.0 Å². The zero-order valence-corrected chi connectivity index (χ0v) is 17.8. The van der Waals surface area contributed by atoms with Crippen molar-refractivity contribution < 1.29 is 0 Å². The van der Waals surface area contributed by atoms with Crippen molar-refractivity contribution in [2.45, 2.75) is 52.1 Å². The van der Waals surface area contributed by atoms with Crippen LogP contribution in [0.25, 0.3) is 0 Å². The number of rotatable bonds is 4. The van der Waals surface area contributed by atoms with Gasteiger partial charge in [-0.05, 0) is 50.5 Å². The molecule has 24 heavy (non-hydrogen) atoms. The largest absolute Gasteiger partial charge is 0.357 e. The Morgan fingerprint density at radius 3 is 2.88 bits per heavy atom. The minimum Gasteiger partial charge on any atom is -0.357 e. The number of fused-ring (bicyclic) bond motifs is 1. The molecule has 0 aromatic carbocycles. The van der Waals surface area contributed by atoms with Gasteiger partial charge < -0.3 is 10.6 Å². The molecule has 2 N–H and O–H groups in total.